The third-order valence-corrected chi connectivity index (χ3v) is 6.55. The molecule has 0 bridgehead atoms. The highest BCUT2D eigenvalue weighted by Crippen LogP contribution is 2.28. The summed E-state index contributed by atoms with van der Waals surface area (Å²) in [6.07, 6.45) is 6.82. The average Bonchev–Trinajstić information content (AvgIpc) is 2.88. The number of hydrogen-bond acceptors (Lipinski definition) is 3. The maximum absolute atomic E-state index is 13.6. The third-order valence-electron chi connectivity index (χ3n) is 6.55. The van der Waals surface area contributed by atoms with Gasteiger partial charge in [0.25, 0.3) is 5.91 Å². The second kappa shape index (κ2) is 10.5. The molecule has 0 aliphatic carbocycles. The summed E-state index contributed by atoms with van der Waals surface area (Å²) in [6.45, 7) is 2.99. The van der Waals surface area contributed by atoms with E-state index < -0.39 is 0 Å². The minimum Gasteiger partial charge on any atom is -0.496 e. The Labute approximate surface area is 190 Å². The van der Waals surface area contributed by atoms with Gasteiger partial charge in [-0.1, -0.05) is 48.5 Å². The highest BCUT2D eigenvalue weighted by Gasteiger charge is 2.31. The second-order valence-electron chi connectivity index (χ2n) is 8.62. The Kier molecular flexibility index (Phi) is 7.25. The van der Waals surface area contributed by atoms with Crippen molar-refractivity contribution in [3.05, 3.63) is 65.7 Å². The molecular formula is C27H32N2O3. The molecule has 2 aliphatic heterocycles. The van der Waals surface area contributed by atoms with Crippen LogP contribution in [0.2, 0.25) is 0 Å². The van der Waals surface area contributed by atoms with E-state index in [0.29, 0.717) is 18.7 Å². The first-order valence-corrected chi connectivity index (χ1v) is 11.7. The highest BCUT2D eigenvalue weighted by atomic mass is 16.5. The van der Waals surface area contributed by atoms with E-state index >= 15 is 0 Å². The number of amides is 2. The van der Waals surface area contributed by atoms with Gasteiger partial charge >= 0.3 is 0 Å². The number of carbonyl (C=O) groups excluding carboxylic acids is 2. The molecule has 0 N–H and O–H groups in total. The molecule has 0 aromatic heterocycles. The van der Waals surface area contributed by atoms with E-state index in [9.17, 15) is 9.59 Å². The zero-order chi connectivity index (χ0) is 22.3. The molecule has 5 nitrogen and oxygen atoms in total. The van der Waals surface area contributed by atoms with Crippen molar-refractivity contribution in [1.82, 2.24) is 9.80 Å². The summed E-state index contributed by atoms with van der Waals surface area (Å²) in [4.78, 5) is 30.4. The van der Waals surface area contributed by atoms with Crippen LogP contribution in [0.25, 0.3) is 11.6 Å². The summed E-state index contributed by atoms with van der Waals surface area (Å²) in [5.74, 6) is 1.06. The van der Waals surface area contributed by atoms with Crippen LogP contribution in [0.4, 0.5) is 0 Å². The Morgan fingerprint density at radius 2 is 1.50 bits per heavy atom. The summed E-state index contributed by atoms with van der Waals surface area (Å²) >= 11 is 0. The summed E-state index contributed by atoms with van der Waals surface area (Å²) in [5.41, 5.74) is 2.41. The predicted molar refractivity (Wildman–Crippen MR) is 127 cm³/mol. The van der Waals surface area contributed by atoms with E-state index in [1.807, 2.05) is 70.5 Å². The smallest absolute Gasteiger partial charge is 0.254 e. The lowest BCUT2D eigenvalue weighted by Crippen LogP contribution is -2.45. The number of likely N-dealkylation sites (tertiary alicyclic amines) is 2. The van der Waals surface area contributed by atoms with E-state index in [0.717, 1.165) is 55.6 Å². The second-order valence-corrected chi connectivity index (χ2v) is 8.62. The summed E-state index contributed by atoms with van der Waals surface area (Å²) in [7, 11) is 1.64. The van der Waals surface area contributed by atoms with Gasteiger partial charge in [-0.05, 0) is 49.8 Å². The molecule has 0 unspecified atom stereocenters. The number of piperidine rings is 2. The summed E-state index contributed by atoms with van der Waals surface area (Å²) in [5, 5.41) is 0. The van der Waals surface area contributed by atoms with Gasteiger partial charge in [0.15, 0.2) is 0 Å². The van der Waals surface area contributed by atoms with Crippen LogP contribution in [-0.4, -0.2) is 54.9 Å². The van der Waals surface area contributed by atoms with Crippen LogP contribution in [0.3, 0.4) is 0 Å². The molecule has 0 radical (unpaired) electrons. The normalized spacial score (nSPS) is 17.8. The van der Waals surface area contributed by atoms with Crippen molar-refractivity contribution < 1.29 is 14.3 Å². The van der Waals surface area contributed by atoms with Crippen molar-refractivity contribution in [1.29, 1.82) is 0 Å². The van der Waals surface area contributed by atoms with Gasteiger partial charge in [0, 0.05) is 43.2 Å². The van der Waals surface area contributed by atoms with Crippen LogP contribution in [0, 0.1) is 5.92 Å². The van der Waals surface area contributed by atoms with Gasteiger partial charge < -0.3 is 14.5 Å². The lowest BCUT2D eigenvalue weighted by Gasteiger charge is -2.36. The molecule has 2 heterocycles. The van der Waals surface area contributed by atoms with E-state index in [-0.39, 0.29) is 17.7 Å². The van der Waals surface area contributed by atoms with Crippen molar-refractivity contribution in [2.75, 3.05) is 33.3 Å². The maximum atomic E-state index is 13.6. The molecule has 2 aromatic carbocycles. The van der Waals surface area contributed by atoms with Gasteiger partial charge in [-0.3, -0.25) is 9.59 Å². The molecule has 2 amide bonds. The summed E-state index contributed by atoms with van der Waals surface area (Å²) in [6, 6.07) is 17.5. The Morgan fingerprint density at radius 3 is 2.19 bits per heavy atom. The van der Waals surface area contributed by atoms with E-state index in [4.69, 9.17) is 4.74 Å². The number of rotatable bonds is 5. The van der Waals surface area contributed by atoms with Crippen molar-refractivity contribution in [3.8, 4) is 5.75 Å². The van der Waals surface area contributed by atoms with Crippen LogP contribution < -0.4 is 4.74 Å². The first-order valence-electron chi connectivity index (χ1n) is 11.7. The first-order chi connectivity index (χ1) is 15.7. The van der Waals surface area contributed by atoms with Crippen molar-refractivity contribution >= 4 is 23.5 Å². The van der Waals surface area contributed by atoms with Gasteiger partial charge in [0.2, 0.25) is 5.91 Å². The van der Waals surface area contributed by atoms with Gasteiger partial charge in [0.1, 0.15) is 5.75 Å². The van der Waals surface area contributed by atoms with E-state index in [1.54, 1.807) is 7.11 Å². The number of ether oxygens (including phenoxy) is 1. The van der Waals surface area contributed by atoms with Crippen LogP contribution in [0.15, 0.2) is 54.6 Å². The molecule has 32 heavy (non-hydrogen) atoms. The number of nitrogens with zero attached hydrogens (tertiary/aromatic N) is 2. The summed E-state index contributed by atoms with van der Waals surface area (Å²) < 4.78 is 5.49. The third kappa shape index (κ3) is 5.04. The largest absolute Gasteiger partial charge is 0.496 e. The van der Waals surface area contributed by atoms with Crippen molar-refractivity contribution in [3.63, 3.8) is 0 Å². The Morgan fingerprint density at radius 1 is 0.844 bits per heavy atom. The van der Waals surface area contributed by atoms with Gasteiger partial charge in [-0.15, -0.1) is 0 Å². The fourth-order valence-electron chi connectivity index (χ4n) is 4.70. The Balaban J connectivity index is 1.51. The fourth-order valence-corrected chi connectivity index (χ4v) is 4.70. The monoisotopic (exact) mass is 432 g/mol. The number of carbonyl (C=O) groups is 2. The predicted octanol–water partition coefficient (Wildman–Crippen LogP) is 4.49. The number of hydrogen-bond donors (Lipinski definition) is 0. The number of benzene rings is 2. The lowest BCUT2D eigenvalue weighted by molar-refractivity contribution is -0.139. The molecule has 2 fully saturated rings. The highest BCUT2D eigenvalue weighted by molar-refractivity contribution is 6.24. The number of para-hydroxylation sites is 1. The fraction of sp³-hybridized carbons (Fsp3) is 0.407. The van der Waals surface area contributed by atoms with Gasteiger partial charge in [-0.25, -0.2) is 0 Å². The average molecular weight is 433 g/mol. The van der Waals surface area contributed by atoms with Crippen LogP contribution in [-0.2, 0) is 9.59 Å². The Hall–Kier alpha value is -3.08. The van der Waals surface area contributed by atoms with E-state index in [2.05, 4.69) is 0 Å². The van der Waals surface area contributed by atoms with Crippen LogP contribution >= 0.6 is 0 Å². The maximum Gasteiger partial charge on any atom is 0.254 e. The molecule has 0 spiro atoms. The van der Waals surface area contributed by atoms with Crippen molar-refractivity contribution in [2.45, 2.75) is 32.1 Å². The lowest BCUT2D eigenvalue weighted by atomic mass is 9.93. The van der Waals surface area contributed by atoms with Crippen molar-refractivity contribution in [2.24, 2.45) is 5.92 Å². The molecule has 0 atom stereocenters. The standard InChI is InChI=1S/C27H32N2O3/c1-32-25-13-7-6-12-23(25)20-24(21-10-4-2-5-11-21)27(31)29-18-14-22(15-19-29)26(30)28-16-8-3-9-17-28/h2,4-7,10-13,20,22H,3,8-9,14-19H2,1H3/b24-20+. The molecule has 2 aliphatic rings. The van der Waals surface area contributed by atoms with Crippen LogP contribution in [0.1, 0.15) is 43.2 Å². The minimum atomic E-state index is 0.00553. The first kappa shape index (κ1) is 22.1. The van der Waals surface area contributed by atoms with Crippen LogP contribution in [0.5, 0.6) is 5.75 Å². The molecule has 2 aromatic rings. The minimum absolute atomic E-state index is 0.00553. The van der Waals surface area contributed by atoms with E-state index in [1.165, 1.54) is 6.42 Å². The molecule has 2 saturated heterocycles. The number of methoxy groups -OCH3 is 1. The Bertz CT molecular complexity index is 956. The molecule has 0 saturated carbocycles. The molecular weight excluding hydrogens is 400 g/mol. The SMILES string of the molecule is COc1ccccc1/C=C(/C(=O)N1CCC(C(=O)N2CCCCC2)CC1)c1ccccc1. The van der Waals surface area contributed by atoms with Gasteiger partial charge in [-0.2, -0.15) is 0 Å². The van der Waals surface area contributed by atoms with Gasteiger partial charge in [0.05, 0.1) is 7.11 Å². The zero-order valence-corrected chi connectivity index (χ0v) is 18.8. The molecule has 5 heteroatoms. The topological polar surface area (TPSA) is 49.9 Å². The quantitative estimate of drug-likeness (QED) is 0.517. The molecule has 4 rings (SSSR count). The zero-order valence-electron chi connectivity index (χ0n) is 18.8. The molecule has 168 valence electrons.